The van der Waals surface area contributed by atoms with E-state index in [1.54, 1.807) is 0 Å². The van der Waals surface area contributed by atoms with E-state index in [9.17, 15) is 9.59 Å². The topological polar surface area (TPSA) is 75.7 Å². The van der Waals surface area contributed by atoms with Crippen LogP contribution >= 0.6 is 0 Å². The second kappa shape index (κ2) is 8.41. The van der Waals surface area contributed by atoms with Crippen LogP contribution in [0.2, 0.25) is 0 Å². The molecule has 0 bridgehead atoms. The summed E-state index contributed by atoms with van der Waals surface area (Å²) in [6.45, 7) is 7.51. The number of imidazole rings is 1. The van der Waals surface area contributed by atoms with Crippen LogP contribution in [0.25, 0.3) is 5.65 Å². The smallest absolute Gasteiger partial charge is 0.274 e. The molecule has 32 heavy (non-hydrogen) atoms. The summed E-state index contributed by atoms with van der Waals surface area (Å²) in [5, 5.41) is 4.63. The SMILES string of the molecule is Cc1nc2ccccn2c1C(=O)N1CCCn2nc(C(=O)N3CCCC(C)CC3)cc2C1. The van der Waals surface area contributed by atoms with E-state index in [4.69, 9.17) is 0 Å². The maximum atomic E-state index is 13.5. The molecule has 1 saturated heterocycles. The second-order valence-electron chi connectivity index (χ2n) is 9.13. The zero-order chi connectivity index (χ0) is 22.2. The fraction of sp³-hybridized carbons (Fsp3) is 0.500. The largest absolute Gasteiger partial charge is 0.337 e. The Labute approximate surface area is 187 Å². The van der Waals surface area contributed by atoms with E-state index in [0.29, 0.717) is 36.9 Å². The van der Waals surface area contributed by atoms with Gasteiger partial charge < -0.3 is 9.80 Å². The fourth-order valence-electron chi connectivity index (χ4n) is 4.89. The van der Waals surface area contributed by atoms with Crippen LogP contribution in [0.1, 0.15) is 65.0 Å². The van der Waals surface area contributed by atoms with Crippen molar-refractivity contribution in [1.29, 1.82) is 0 Å². The van der Waals surface area contributed by atoms with Crippen LogP contribution in [0.15, 0.2) is 30.5 Å². The van der Waals surface area contributed by atoms with Crippen LogP contribution in [0.5, 0.6) is 0 Å². The highest BCUT2D eigenvalue weighted by atomic mass is 16.2. The number of rotatable bonds is 2. The van der Waals surface area contributed by atoms with E-state index >= 15 is 0 Å². The molecule has 0 aromatic carbocycles. The first kappa shape index (κ1) is 20.7. The number of hydrogen-bond acceptors (Lipinski definition) is 4. The third-order valence-electron chi connectivity index (χ3n) is 6.73. The van der Waals surface area contributed by atoms with Gasteiger partial charge in [0.05, 0.1) is 17.9 Å². The Morgan fingerprint density at radius 2 is 1.84 bits per heavy atom. The zero-order valence-corrected chi connectivity index (χ0v) is 18.8. The summed E-state index contributed by atoms with van der Waals surface area (Å²) in [7, 11) is 0. The summed E-state index contributed by atoms with van der Waals surface area (Å²) in [5.74, 6) is 0.634. The Kier molecular flexibility index (Phi) is 5.45. The van der Waals surface area contributed by atoms with Gasteiger partial charge in [0.25, 0.3) is 11.8 Å². The summed E-state index contributed by atoms with van der Waals surface area (Å²) >= 11 is 0. The molecule has 1 atom stereocenters. The number of aromatic nitrogens is 4. The van der Waals surface area contributed by atoms with Gasteiger partial charge in [0.15, 0.2) is 5.69 Å². The van der Waals surface area contributed by atoms with Crippen molar-refractivity contribution >= 4 is 17.5 Å². The Morgan fingerprint density at radius 3 is 2.72 bits per heavy atom. The van der Waals surface area contributed by atoms with Gasteiger partial charge >= 0.3 is 0 Å². The number of hydrogen-bond donors (Lipinski definition) is 0. The van der Waals surface area contributed by atoms with Crippen LogP contribution in [-0.4, -0.2) is 60.4 Å². The van der Waals surface area contributed by atoms with Gasteiger partial charge in [-0.1, -0.05) is 13.0 Å². The Hall–Kier alpha value is -3.16. The molecular formula is C24H30N6O2. The lowest BCUT2D eigenvalue weighted by molar-refractivity contribution is 0.0737. The minimum atomic E-state index is -0.0368. The molecule has 0 radical (unpaired) electrons. The van der Waals surface area contributed by atoms with Gasteiger partial charge in [-0.05, 0) is 56.7 Å². The van der Waals surface area contributed by atoms with Gasteiger partial charge in [0.1, 0.15) is 11.3 Å². The molecule has 5 heterocycles. The summed E-state index contributed by atoms with van der Waals surface area (Å²) in [4.78, 5) is 34.9. The van der Waals surface area contributed by atoms with Crippen molar-refractivity contribution in [2.24, 2.45) is 5.92 Å². The number of nitrogens with zero attached hydrogens (tertiary/aromatic N) is 6. The molecule has 8 nitrogen and oxygen atoms in total. The number of aryl methyl sites for hydroxylation is 2. The summed E-state index contributed by atoms with van der Waals surface area (Å²) in [5.41, 5.74) is 3.50. The predicted molar refractivity (Wildman–Crippen MR) is 120 cm³/mol. The Balaban J connectivity index is 1.38. The van der Waals surface area contributed by atoms with E-state index in [-0.39, 0.29) is 11.8 Å². The molecule has 0 N–H and O–H groups in total. The number of carbonyl (C=O) groups excluding carboxylic acids is 2. The van der Waals surface area contributed by atoms with Crippen LogP contribution in [0.4, 0.5) is 0 Å². The number of pyridine rings is 1. The van der Waals surface area contributed by atoms with Gasteiger partial charge in [-0.3, -0.25) is 18.7 Å². The Bertz CT molecular complexity index is 1160. The fourth-order valence-corrected chi connectivity index (χ4v) is 4.89. The summed E-state index contributed by atoms with van der Waals surface area (Å²) in [6, 6.07) is 7.61. The third kappa shape index (κ3) is 3.78. The van der Waals surface area contributed by atoms with E-state index in [0.717, 1.165) is 49.4 Å². The van der Waals surface area contributed by atoms with E-state index in [1.807, 2.05) is 56.3 Å². The molecule has 0 aliphatic carbocycles. The van der Waals surface area contributed by atoms with Crippen molar-refractivity contribution in [3.63, 3.8) is 0 Å². The van der Waals surface area contributed by atoms with E-state index in [2.05, 4.69) is 17.0 Å². The first-order chi connectivity index (χ1) is 15.5. The Morgan fingerprint density at radius 1 is 1.00 bits per heavy atom. The molecule has 2 amide bonds. The van der Waals surface area contributed by atoms with Crippen molar-refractivity contribution in [3.05, 3.63) is 53.2 Å². The van der Waals surface area contributed by atoms with Crippen LogP contribution in [-0.2, 0) is 13.1 Å². The molecular weight excluding hydrogens is 404 g/mol. The van der Waals surface area contributed by atoms with Crippen LogP contribution < -0.4 is 0 Å². The normalized spacial score (nSPS) is 19.5. The lowest BCUT2D eigenvalue weighted by Gasteiger charge is -2.20. The second-order valence-corrected chi connectivity index (χ2v) is 9.13. The van der Waals surface area contributed by atoms with Gasteiger partial charge in [0, 0.05) is 32.4 Å². The van der Waals surface area contributed by atoms with Crippen molar-refractivity contribution in [3.8, 4) is 0 Å². The monoisotopic (exact) mass is 434 g/mol. The van der Waals surface area contributed by atoms with E-state index < -0.39 is 0 Å². The molecule has 168 valence electrons. The number of fused-ring (bicyclic) bond motifs is 2. The quantitative estimate of drug-likeness (QED) is 0.621. The lowest BCUT2D eigenvalue weighted by Crippen LogP contribution is -2.33. The number of carbonyl (C=O) groups is 2. The van der Waals surface area contributed by atoms with Crippen molar-refractivity contribution in [1.82, 2.24) is 29.0 Å². The van der Waals surface area contributed by atoms with Gasteiger partial charge in [-0.15, -0.1) is 0 Å². The van der Waals surface area contributed by atoms with Crippen LogP contribution in [0.3, 0.4) is 0 Å². The zero-order valence-electron chi connectivity index (χ0n) is 18.8. The van der Waals surface area contributed by atoms with Crippen molar-refractivity contribution < 1.29 is 9.59 Å². The molecule has 2 aliphatic heterocycles. The summed E-state index contributed by atoms with van der Waals surface area (Å²) in [6.07, 6.45) is 5.93. The molecule has 5 rings (SSSR count). The highest BCUT2D eigenvalue weighted by molar-refractivity contribution is 5.95. The highest BCUT2D eigenvalue weighted by Gasteiger charge is 2.28. The third-order valence-corrected chi connectivity index (χ3v) is 6.73. The molecule has 2 aliphatic rings. The standard InChI is InChI=1S/C24H30N6O2/c1-17-7-5-10-27(14-9-17)23(31)20-15-19-16-28(11-6-13-30(19)26-20)24(32)22-18(2)25-21-8-3-4-12-29(21)22/h3-4,8,12,15,17H,5-7,9-11,13-14,16H2,1-2H3. The molecule has 0 spiro atoms. The van der Waals surface area contributed by atoms with Crippen LogP contribution in [0, 0.1) is 12.8 Å². The highest BCUT2D eigenvalue weighted by Crippen LogP contribution is 2.22. The first-order valence-corrected chi connectivity index (χ1v) is 11.6. The predicted octanol–water partition coefficient (Wildman–Crippen LogP) is 3.15. The number of amides is 2. The summed E-state index contributed by atoms with van der Waals surface area (Å²) < 4.78 is 3.76. The average Bonchev–Trinajstić information content (AvgIpc) is 3.17. The lowest BCUT2D eigenvalue weighted by atomic mass is 10.0. The van der Waals surface area contributed by atoms with Gasteiger partial charge in [0.2, 0.25) is 0 Å². The molecule has 0 saturated carbocycles. The van der Waals surface area contributed by atoms with Gasteiger partial charge in [-0.2, -0.15) is 5.10 Å². The molecule has 3 aromatic rings. The number of likely N-dealkylation sites (tertiary alicyclic amines) is 1. The minimum Gasteiger partial charge on any atom is -0.337 e. The van der Waals surface area contributed by atoms with E-state index in [1.165, 1.54) is 6.42 Å². The molecule has 1 unspecified atom stereocenters. The molecule has 8 heteroatoms. The van der Waals surface area contributed by atoms with Crippen molar-refractivity contribution in [2.45, 2.75) is 52.6 Å². The average molecular weight is 435 g/mol. The maximum Gasteiger partial charge on any atom is 0.274 e. The maximum absolute atomic E-state index is 13.5. The molecule has 3 aromatic heterocycles. The van der Waals surface area contributed by atoms with Gasteiger partial charge in [-0.25, -0.2) is 4.98 Å². The first-order valence-electron chi connectivity index (χ1n) is 11.6. The van der Waals surface area contributed by atoms with Crippen molar-refractivity contribution in [2.75, 3.05) is 19.6 Å². The molecule has 1 fully saturated rings. The minimum absolute atomic E-state index is 0.00942.